The molecule has 0 fully saturated rings. The number of fused-ring (bicyclic) bond motifs is 1. The van der Waals surface area contributed by atoms with Crippen molar-refractivity contribution in [2.45, 2.75) is 11.3 Å². The van der Waals surface area contributed by atoms with Crippen molar-refractivity contribution in [2.24, 2.45) is 0 Å². The van der Waals surface area contributed by atoms with Crippen molar-refractivity contribution in [1.82, 2.24) is 0 Å². The summed E-state index contributed by atoms with van der Waals surface area (Å²) in [5, 5.41) is 3.88. The van der Waals surface area contributed by atoms with Gasteiger partial charge in [-0.2, -0.15) is 0 Å². The monoisotopic (exact) mass is 359 g/mol. The van der Waals surface area contributed by atoms with Gasteiger partial charge in [-0.1, -0.05) is 12.1 Å². The average molecular weight is 359 g/mol. The van der Waals surface area contributed by atoms with E-state index in [1.54, 1.807) is 43.5 Å². The number of rotatable bonds is 5. The molecule has 0 saturated heterocycles. The predicted octanol–water partition coefficient (Wildman–Crippen LogP) is 2.64. The number of hydrogen-bond donors (Lipinski definition) is 1. The van der Waals surface area contributed by atoms with Crippen LogP contribution in [-0.4, -0.2) is 28.5 Å². The molecular formula is C18H17NO5S. The highest BCUT2D eigenvalue weighted by molar-refractivity contribution is 7.94. The molecule has 1 amide bonds. The molecule has 1 aliphatic rings. The second kappa shape index (κ2) is 6.60. The third-order valence-electron chi connectivity index (χ3n) is 3.88. The molecule has 0 aliphatic carbocycles. The van der Waals surface area contributed by atoms with E-state index in [0.717, 1.165) is 5.41 Å². The molecule has 1 N–H and O–H groups in total. The summed E-state index contributed by atoms with van der Waals surface area (Å²) in [6, 6.07) is 10.0. The Hall–Kier alpha value is -2.80. The van der Waals surface area contributed by atoms with E-state index in [9.17, 15) is 13.2 Å². The largest absolute Gasteiger partial charge is 0.497 e. The van der Waals surface area contributed by atoms with E-state index in [0.29, 0.717) is 28.3 Å². The van der Waals surface area contributed by atoms with Crippen LogP contribution in [-0.2, 0) is 21.1 Å². The Bertz CT molecular complexity index is 963. The molecule has 0 radical (unpaired) electrons. The molecule has 0 unspecified atom stereocenters. The van der Waals surface area contributed by atoms with Gasteiger partial charge in [-0.25, -0.2) is 8.42 Å². The zero-order valence-electron chi connectivity index (χ0n) is 13.8. The number of nitrogens with one attached hydrogen (secondary N) is 1. The Balaban J connectivity index is 1.76. The molecular weight excluding hydrogens is 342 g/mol. The lowest BCUT2D eigenvalue weighted by Crippen LogP contribution is -2.15. The molecule has 0 bridgehead atoms. The maximum atomic E-state index is 12.3. The SMILES string of the molecule is COc1ccc(CC(=O)Nc2ccc3c(c2)S(=O)(=O)C=C3)c(OC)c1. The summed E-state index contributed by atoms with van der Waals surface area (Å²) in [5.41, 5.74) is 1.76. The lowest BCUT2D eigenvalue weighted by molar-refractivity contribution is -0.115. The first-order chi connectivity index (χ1) is 11.9. The normalized spacial score (nSPS) is 14.0. The van der Waals surface area contributed by atoms with Crippen LogP contribution < -0.4 is 14.8 Å². The molecule has 0 spiro atoms. The molecule has 0 atom stereocenters. The minimum absolute atomic E-state index is 0.0925. The summed E-state index contributed by atoms with van der Waals surface area (Å²) in [4.78, 5) is 12.5. The molecule has 2 aromatic rings. The van der Waals surface area contributed by atoms with Gasteiger partial charge in [0.25, 0.3) is 0 Å². The Kier molecular flexibility index (Phi) is 4.50. The first kappa shape index (κ1) is 17.0. The van der Waals surface area contributed by atoms with Crippen molar-refractivity contribution in [3.05, 3.63) is 52.9 Å². The van der Waals surface area contributed by atoms with Gasteiger partial charge in [0.15, 0.2) is 0 Å². The number of carbonyl (C=O) groups excluding carboxylic acids is 1. The number of sulfone groups is 1. The zero-order valence-corrected chi connectivity index (χ0v) is 14.6. The van der Waals surface area contributed by atoms with Crippen LogP contribution in [0.4, 0.5) is 5.69 Å². The zero-order chi connectivity index (χ0) is 18.0. The molecule has 3 rings (SSSR count). The third-order valence-corrected chi connectivity index (χ3v) is 5.34. The fourth-order valence-electron chi connectivity index (χ4n) is 2.61. The van der Waals surface area contributed by atoms with Crippen LogP contribution in [0.5, 0.6) is 11.5 Å². The summed E-state index contributed by atoms with van der Waals surface area (Å²) < 4.78 is 34.2. The highest BCUT2D eigenvalue weighted by Crippen LogP contribution is 2.29. The fourth-order valence-corrected chi connectivity index (χ4v) is 3.84. The van der Waals surface area contributed by atoms with E-state index in [2.05, 4.69) is 5.32 Å². The van der Waals surface area contributed by atoms with Crippen LogP contribution in [0.25, 0.3) is 6.08 Å². The van der Waals surface area contributed by atoms with Crippen LogP contribution in [0.15, 0.2) is 46.7 Å². The van der Waals surface area contributed by atoms with E-state index >= 15 is 0 Å². The highest BCUT2D eigenvalue weighted by atomic mass is 32.2. The summed E-state index contributed by atoms with van der Waals surface area (Å²) in [7, 11) is -0.331. The van der Waals surface area contributed by atoms with Crippen LogP contribution in [0.3, 0.4) is 0 Å². The van der Waals surface area contributed by atoms with Crippen molar-refractivity contribution >= 4 is 27.5 Å². The Labute approximate surface area is 146 Å². The van der Waals surface area contributed by atoms with E-state index in [1.165, 1.54) is 13.2 Å². The maximum absolute atomic E-state index is 12.3. The first-order valence-corrected chi connectivity index (χ1v) is 9.05. The quantitative estimate of drug-likeness (QED) is 0.887. The molecule has 25 heavy (non-hydrogen) atoms. The van der Waals surface area contributed by atoms with E-state index in [1.807, 2.05) is 0 Å². The van der Waals surface area contributed by atoms with E-state index in [-0.39, 0.29) is 17.2 Å². The second-order valence-electron chi connectivity index (χ2n) is 5.50. The van der Waals surface area contributed by atoms with Gasteiger partial charge in [0.05, 0.1) is 25.5 Å². The number of carbonyl (C=O) groups is 1. The lowest BCUT2D eigenvalue weighted by atomic mass is 10.1. The number of hydrogen-bond acceptors (Lipinski definition) is 5. The van der Waals surface area contributed by atoms with Gasteiger partial charge >= 0.3 is 0 Å². The first-order valence-electron chi connectivity index (χ1n) is 7.51. The minimum atomic E-state index is -3.41. The van der Waals surface area contributed by atoms with Gasteiger partial charge in [0.2, 0.25) is 15.7 Å². The molecule has 1 aliphatic heterocycles. The predicted molar refractivity (Wildman–Crippen MR) is 94.5 cm³/mol. The van der Waals surface area contributed by atoms with Crippen LogP contribution in [0.1, 0.15) is 11.1 Å². The average Bonchev–Trinajstić information content (AvgIpc) is 2.90. The summed E-state index contributed by atoms with van der Waals surface area (Å²) >= 11 is 0. The number of amides is 1. The highest BCUT2D eigenvalue weighted by Gasteiger charge is 2.21. The molecule has 6 nitrogen and oxygen atoms in total. The minimum Gasteiger partial charge on any atom is -0.497 e. The fraction of sp³-hybridized carbons (Fsp3) is 0.167. The topological polar surface area (TPSA) is 81.7 Å². The third kappa shape index (κ3) is 3.51. The lowest BCUT2D eigenvalue weighted by Gasteiger charge is -2.11. The van der Waals surface area contributed by atoms with Gasteiger partial charge in [-0.05, 0) is 29.8 Å². The van der Waals surface area contributed by atoms with Crippen LogP contribution in [0.2, 0.25) is 0 Å². The number of ether oxygens (including phenoxy) is 2. The number of benzene rings is 2. The van der Waals surface area contributed by atoms with Crippen molar-refractivity contribution in [1.29, 1.82) is 0 Å². The second-order valence-corrected chi connectivity index (χ2v) is 7.31. The number of anilines is 1. The summed E-state index contributed by atoms with van der Waals surface area (Å²) in [6.45, 7) is 0. The standard InChI is InChI=1S/C18H17NO5S/c1-23-15-6-4-13(16(11-15)24-2)9-18(20)19-14-5-3-12-7-8-25(21,22)17(12)10-14/h3-8,10-11H,9H2,1-2H3,(H,19,20). The van der Waals surface area contributed by atoms with Crippen LogP contribution in [0, 0.1) is 0 Å². The molecule has 0 saturated carbocycles. The smallest absolute Gasteiger partial charge is 0.228 e. The van der Waals surface area contributed by atoms with Crippen LogP contribution >= 0.6 is 0 Å². The van der Waals surface area contributed by atoms with Gasteiger partial charge in [-0.3, -0.25) is 4.79 Å². The summed E-state index contributed by atoms with van der Waals surface area (Å²) in [6.07, 6.45) is 1.63. The summed E-state index contributed by atoms with van der Waals surface area (Å²) in [5.74, 6) is 0.916. The number of methoxy groups -OCH3 is 2. The van der Waals surface area contributed by atoms with Gasteiger partial charge in [0, 0.05) is 22.7 Å². The Morgan fingerprint density at radius 1 is 1.08 bits per heavy atom. The van der Waals surface area contributed by atoms with Crippen molar-refractivity contribution < 1.29 is 22.7 Å². The molecule has 130 valence electrons. The maximum Gasteiger partial charge on any atom is 0.228 e. The van der Waals surface area contributed by atoms with Crippen molar-refractivity contribution in [3.8, 4) is 11.5 Å². The Morgan fingerprint density at radius 2 is 1.88 bits per heavy atom. The Morgan fingerprint density at radius 3 is 2.60 bits per heavy atom. The van der Waals surface area contributed by atoms with E-state index < -0.39 is 9.84 Å². The van der Waals surface area contributed by atoms with Crippen molar-refractivity contribution in [2.75, 3.05) is 19.5 Å². The molecule has 0 aromatic heterocycles. The van der Waals surface area contributed by atoms with Gasteiger partial charge in [0.1, 0.15) is 11.5 Å². The molecule has 1 heterocycles. The van der Waals surface area contributed by atoms with E-state index in [4.69, 9.17) is 9.47 Å². The van der Waals surface area contributed by atoms with Gasteiger partial charge < -0.3 is 14.8 Å². The molecule has 7 heteroatoms. The van der Waals surface area contributed by atoms with Crippen molar-refractivity contribution in [3.63, 3.8) is 0 Å². The molecule has 2 aromatic carbocycles. The van der Waals surface area contributed by atoms with Gasteiger partial charge in [-0.15, -0.1) is 0 Å².